The molecule has 1 aliphatic carbocycles. The van der Waals surface area contributed by atoms with E-state index in [0.717, 1.165) is 24.9 Å². The van der Waals surface area contributed by atoms with Crippen molar-refractivity contribution in [1.82, 2.24) is 10.2 Å². The van der Waals surface area contributed by atoms with E-state index >= 15 is 0 Å². The molecule has 3 heteroatoms. The summed E-state index contributed by atoms with van der Waals surface area (Å²) in [7, 11) is 0. The molecule has 1 saturated heterocycles. The third-order valence-corrected chi connectivity index (χ3v) is 5.38. The lowest BCUT2D eigenvalue weighted by molar-refractivity contribution is 0.235. The molecule has 1 N–H and O–H groups in total. The van der Waals surface area contributed by atoms with E-state index in [0.29, 0.717) is 5.41 Å². The monoisotopic (exact) mass is 276 g/mol. The number of nitrogens with zero attached hydrogens (tertiary/aromatic N) is 1. The van der Waals surface area contributed by atoms with Crippen LogP contribution >= 0.6 is 0 Å². The minimum absolute atomic E-state index is 0.566. The van der Waals surface area contributed by atoms with Crippen molar-refractivity contribution in [2.75, 3.05) is 13.1 Å². The van der Waals surface area contributed by atoms with Gasteiger partial charge < -0.3 is 9.73 Å². The van der Waals surface area contributed by atoms with Gasteiger partial charge in [0.05, 0.1) is 12.8 Å². The van der Waals surface area contributed by atoms with Gasteiger partial charge in [-0.15, -0.1) is 0 Å². The molecule has 0 bridgehead atoms. The van der Waals surface area contributed by atoms with Crippen LogP contribution in [0.15, 0.2) is 16.7 Å². The fourth-order valence-corrected chi connectivity index (χ4v) is 3.42. The van der Waals surface area contributed by atoms with Gasteiger partial charge in [-0.05, 0) is 50.1 Å². The molecule has 2 aliphatic rings. The third-order valence-electron chi connectivity index (χ3n) is 5.38. The van der Waals surface area contributed by atoms with Crippen LogP contribution in [0.1, 0.15) is 57.3 Å². The number of hydrogen-bond donors (Lipinski definition) is 1. The number of nitrogens with one attached hydrogen (secondary N) is 1. The van der Waals surface area contributed by atoms with Crippen molar-refractivity contribution < 1.29 is 4.42 Å². The molecule has 2 fully saturated rings. The van der Waals surface area contributed by atoms with Crippen molar-refractivity contribution in [3.05, 3.63) is 23.7 Å². The lowest BCUT2D eigenvalue weighted by Crippen LogP contribution is -2.26. The van der Waals surface area contributed by atoms with Gasteiger partial charge in [0.2, 0.25) is 0 Å². The van der Waals surface area contributed by atoms with E-state index in [9.17, 15) is 0 Å². The summed E-state index contributed by atoms with van der Waals surface area (Å²) >= 11 is 0. The maximum Gasteiger partial charge on any atom is 0.122 e. The fourth-order valence-electron chi connectivity index (χ4n) is 3.42. The Kier molecular flexibility index (Phi) is 4.18. The van der Waals surface area contributed by atoms with Crippen molar-refractivity contribution >= 4 is 0 Å². The van der Waals surface area contributed by atoms with Crippen molar-refractivity contribution in [3.63, 3.8) is 0 Å². The molecule has 0 spiro atoms. The highest BCUT2D eigenvalue weighted by Gasteiger charge is 2.35. The SMILES string of the molecule is CCC1(CC)CCN(Cc2ccoc2CNC2CC2)C1. The molecule has 0 amide bonds. The number of likely N-dealkylation sites (tertiary alicyclic amines) is 1. The molecule has 112 valence electrons. The second kappa shape index (κ2) is 5.90. The van der Waals surface area contributed by atoms with E-state index in [-0.39, 0.29) is 0 Å². The number of furan rings is 1. The minimum atomic E-state index is 0.566. The Bertz CT molecular complexity index is 432. The van der Waals surface area contributed by atoms with Gasteiger partial charge in [-0.1, -0.05) is 13.8 Å². The number of rotatable bonds is 7. The van der Waals surface area contributed by atoms with Gasteiger partial charge >= 0.3 is 0 Å². The Morgan fingerprint density at radius 1 is 1.35 bits per heavy atom. The summed E-state index contributed by atoms with van der Waals surface area (Å²) < 4.78 is 5.67. The summed E-state index contributed by atoms with van der Waals surface area (Å²) in [5.41, 5.74) is 1.94. The Morgan fingerprint density at radius 2 is 2.15 bits per heavy atom. The van der Waals surface area contributed by atoms with E-state index in [1.807, 2.05) is 6.26 Å². The summed E-state index contributed by atoms with van der Waals surface area (Å²) in [5.74, 6) is 1.14. The van der Waals surface area contributed by atoms with Gasteiger partial charge in [0, 0.05) is 24.7 Å². The van der Waals surface area contributed by atoms with Crippen LogP contribution in [0.5, 0.6) is 0 Å². The molecule has 1 aromatic heterocycles. The zero-order valence-electron chi connectivity index (χ0n) is 13.0. The topological polar surface area (TPSA) is 28.4 Å². The predicted molar refractivity (Wildman–Crippen MR) is 81.5 cm³/mol. The first-order valence-electron chi connectivity index (χ1n) is 8.25. The van der Waals surface area contributed by atoms with Crippen LogP contribution in [-0.4, -0.2) is 24.0 Å². The van der Waals surface area contributed by atoms with Crippen LogP contribution in [-0.2, 0) is 13.1 Å². The molecule has 0 radical (unpaired) electrons. The van der Waals surface area contributed by atoms with E-state index in [2.05, 4.69) is 30.1 Å². The van der Waals surface area contributed by atoms with Crippen molar-refractivity contribution in [1.29, 1.82) is 0 Å². The molecule has 20 heavy (non-hydrogen) atoms. The van der Waals surface area contributed by atoms with E-state index in [1.165, 1.54) is 50.8 Å². The molecule has 3 nitrogen and oxygen atoms in total. The molecule has 0 atom stereocenters. The first-order valence-corrected chi connectivity index (χ1v) is 8.25. The molecule has 0 aromatic carbocycles. The van der Waals surface area contributed by atoms with Gasteiger partial charge in [0.15, 0.2) is 0 Å². The van der Waals surface area contributed by atoms with Gasteiger partial charge in [-0.2, -0.15) is 0 Å². The summed E-state index contributed by atoms with van der Waals surface area (Å²) in [5, 5.41) is 3.55. The maximum absolute atomic E-state index is 5.67. The van der Waals surface area contributed by atoms with Crippen LogP contribution in [0.25, 0.3) is 0 Å². The zero-order chi connectivity index (χ0) is 14.0. The summed E-state index contributed by atoms with van der Waals surface area (Å²) in [6.07, 6.45) is 8.48. The molecular formula is C17H28N2O. The lowest BCUT2D eigenvalue weighted by Gasteiger charge is -2.26. The highest BCUT2D eigenvalue weighted by atomic mass is 16.3. The summed E-state index contributed by atoms with van der Waals surface area (Å²) in [6.45, 7) is 9.13. The van der Waals surface area contributed by atoms with Crippen LogP contribution in [0.2, 0.25) is 0 Å². The number of hydrogen-bond acceptors (Lipinski definition) is 3. The molecule has 1 aliphatic heterocycles. The molecular weight excluding hydrogens is 248 g/mol. The van der Waals surface area contributed by atoms with Gasteiger partial charge in [0.25, 0.3) is 0 Å². The van der Waals surface area contributed by atoms with Crippen LogP contribution in [0.4, 0.5) is 0 Å². The fraction of sp³-hybridized carbons (Fsp3) is 0.765. The molecule has 3 rings (SSSR count). The Morgan fingerprint density at radius 3 is 2.80 bits per heavy atom. The highest BCUT2D eigenvalue weighted by molar-refractivity contribution is 5.17. The minimum Gasteiger partial charge on any atom is -0.468 e. The predicted octanol–water partition coefficient (Wildman–Crippen LogP) is 3.54. The van der Waals surface area contributed by atoms with E-state index < -0.39 is 0 Å². The van der Waals surface area contributed by atoms with Crippen molar-refractivity contribution in [2.45, 2.75) is 65.1 Å². The lowest BCUT2D eigenvalue weighted by atomic mass is 9.82. The average molecular weight is 276 g/mol. The van der Waals surface area contributed by atoms with Crippen LogP contribution in [0.3, 0.4) is 0 Å². The standard InChI is InChI=1S/C17H28N2O/c1-3-17(4-2)8-9-19(13-17)12-14-7-10-20-16(14)11-18-15-5-6-15/h7,10,15,18H,3-6,8-9,11-13H2,1-2H3. The summed E-state index contributed by atoms with van der Waals surface area (Å²) in [4.78, 5) is 2.61. The van der Waals surface area contributed by atoms with E-state index in [1.54, 1.807) is 0 Å². The molecule has 0 unspecified atom stereocenters. The third kappa shape index (κ3) is 3.09. The Balaban J connectivity index is 1.56. The van der Waals surface area contributed by atoms with E-state index in [4.69, 9.17) is 4.42 Å². The smallest absolute Gasteiger partial charge is 0.122 e. The van der Waals surface area contributed by atoms with Gasteiger partial charge in [-0.25, -0.2) is 0 Å². The van der Waals surface area contributed by atoms with Crippen molar-refractivity contribution in [2.24, 2.45) is 5.41 Å². The van der Waals surface area contributed by atoms with Crippen LogP contribution in [0, 0.1) is 5.41 Å². The maximum atomic E-state index is 5.67. The first kappa shape index (κ1) is 14.2. The average Bonchev–Trinajstić information content (AvgIpc) is 3.06. The quantitative estimate of drug-likeness (QED) is 0.825. The van der Waals surface area contributed by atoms with Crippen molar-refractivity contribution in [3.8, 4) is 0 Å². The largest absolute Gasteiger partial charge is 0.468 e. The first-order chi connectivity index (χ1) is 9.74. The summed E-state index contributed by atoms with van der Waals surface area (Å²) in [6, 6.07) is 2.90. The normalized spacial score (nSPS) is 22.5. The molecule has 2 heterocycles. The van der Waals surface area contributed by atoms with Crippen LogP contribution < -0.4 is 5.32 Å². The van der Waals surface area contributed by atoms with Gasteiger partial charge in [-0.3, -0.25) is 4.90 Å². The van der Waals surface area contributed by atoms with Gasteiger partial charge in [0.1, 0.15) is 5.76 Å². The second-order valence-electron chi connectivity index (χ2n) is 6.69. The highest BCUT2D eigenvalue weighted by Crippen LogP contribution is 2.37. The molecule has 1 aromatic rings. The Hall–Kier alpha value is -0.800. The molecule has 1 saturated carbocycles. The second-order valence-corrected chi connectivity index (χ2v) is 6.69. The Labute approximate surface area is 122 Å². The zero-order valence-corrected chi connectivity index (χ0v) is 13.0.